The number of anilines is 1. The summed E-state index contributed by atoms with van der Waals surface area (Å²) >= 11 is 0. The molecule has 1 saturated heterocycles. The van der Waals surface area contributed by atoms with Crippen LogP contribution in [0.1, 0.15) is 17.2 Å². The summed E-state index contributed by atoms with van der Waals surface area (Å²) in [6.45, 7) is 0.0707. The van der Waals surface area contributed by atoms with Crippen LogP contribution in [-0.2, 0) is 16.0 Å². The van der Waals surface area contributed by atoms with Gasteiger partial charge in [0.1, 0.15) is 6.04 Å². The van der Waals surface area contributed by atoms with Crippen molar-refractivity contribution in [3.63, 3.8) is 0 Å². The highest BCUT2D eigenvalue weighted by molar-refractivity contribution is 6.22. The first-order valence-electron chi connectivity index (χ1n) is 9.64. The van der Waals surface area contributed by atoms with Crippen molar-refractivity contribution in [2.45, 2.75) is 12.5 Å². The normalized spacial score (nSPS) is 16.1. The molecule has 30 heavy (non-hydrogen) atoms. The van der Waals surface area contributed by atoms with Crippen LogP contribution in [0.5, 0.6) is 0 Å². The maximum Gasteiger partial charge on any atom is 0.425 e. The smallest absolute Gasteiger partial charge is 0.425 e. The summed E-state index contributed by atoms with van der Waals surface area (Å²) in [5, 5.41) is 0. The second-order valence-corrected chi connectivity index (χ2v) is 6.82. The van der Waals surface area contributed by atoms with Crippen molar-refractivity contribution in [1.82, 2.24) is 4.90 Å². The third kappa shape index (κ3) is 3.80. The van der Waals surface area contributed by atoms with Gasteiger partial charge in [-0.1, -0.05) is 78.9 Å². The number of imide groups is 3. The molecule has 1 aliphatic heterocycles. The predicted octanol–water partition coefficient (Wildman–Crippen LogP) is 4.58. The quantitative estimate of drug-likeness (QED) is 0.588. The van der Waals surface area contributed by atoms with E-state index < -0.39 is 24.1 Å². The SMILES string of the molecule is O=C(OCCc1ccccc1)N1C(=O)C(c2ccccc2)N(c2ccccc2)C1=O. The van der Waals surface area contributed by atoms with Crippen LogP contribution in [0, 0.1) is 0 Å². The van der Waals surface area contributed by atoms with Gasteiger partial charge in [-0.2, -0.15) is 4.90 Å². The molecule has 1 atom stereocenters. The van der Waals surface area contributed by atoms with Gasteiger partial charge in [-0.05, 0) is 23.3 Å². The number of benzene rings is 3. The van der Waals surface area contributed by atoms with Gasteiger partial charge in [0.15, 0.2) is 0 Å². The molecule has 1 aliphatic rings. The van der Waals surface area contributed by atoms with Gasteiger partial charge in [0.05, 0.1) is 6.61 Å². The van der Waals surface area contributed by atoms with E-state index in [9.17, 15) is 14.4 Å². The Morgan fingerprint density at radius 1 is 0.800 bits per heavy atom. The molecule has 4 rings (SSSR count). The molecule has 4 amide bonds. The number of ether oxygens (including phenoxy) is 1. The lowest BCUT2D eigenvalue weighted by molar-refractivity contribution is -0.126. The number of para-hydroxylation sites is 1. The van der Waals surface area contributed by atoms with Gasteiger partial charge in [-0.25, -0.2) is 9.59 Å². The van der Waals surface area contributed by atoms with Crippen molar-refractivity contribution in [1.29, 1.82) is 0 Å². The lowest BCUT2D eigenvalue weighted by atomic mass is 10.1. The van der Waals surface area contributed by atoms with Gasteiger partial charge >= 0.3 is 12.1 Å². The number of urea groups is 1. The van der Waals surface area contributed by atoms with Gasteiger partial charge in [-0.3, -0.25) is 9.69 Å². The van der Waals surface area contributed by atoms with Crippen LogP contribution in [0.15, 0.2) is 91.0 Å². The Bertz CT molecular complexity index is 981. The van der Waals surface area contributed by atoms with Crippen molar-refractivity contribution >= 4 is 23.7 Å². The Balaban J connectivity index is 1.57. The number of hydrogen-bond donors (Lipinski definition) is 0. The number of amides is 4. The molecule has 1 fully saturated rings. The third-order valence-electron chi connectivity index (χ3n) is 4.90. The number of carbonyl (C=O) groups excluding carboxylic acids is 3. The van der Waals surface area contributed by atoms with Gasteiger partial charge < -0.3 is 4.74 Å². The predicted molar refractivity (Wildman–Crippen MR) is 112 cm³/mol. The molecule has 0 saturated carbocycles. The maximum atomic E-state index is 13.1. The van der Waals surface area contributed by atoms with Crippen LogP contribution in [0.2, 0.25) is 0 Å². The molecule has 1 unspecified atom stereocenters. The molecule has 6 heteroatoms. The van der Waals surface area contributed by atoms with Crippen LogP contribution in [0.3, 0.4) is 0 Å². The fraction of sp³-hybridized carbons (Fsp3) is 0.125. The summed E-state index contributed by atoms with van der Waals surface area (Å²) in [6, 6.07) is 25.6. The van der Waals surface area contributed by atoms with Crippen molar-refractivity contribution in [2.24, 2.45) is 0 Å². The van der Waals surface area contributed by atoms with E-state index in [0.717, 1.165) is 5.56 Å². The van der Waals surface area contributed by atoms with Crippen LogP contribution in [0.4, 0.5) is 15.3 Å². The fourth-order valence-corrected chi connectivity index (χ4v) is 3.45. The van der Waals surface area contributed by atoms with Crippen LogP contribution >= 0.6 is 0 Å². The minimum atomic E-state index is -0.958. The Morgan fingerprint density at radius 3 is 2.00 bits per heavy atom. The zero-order chi connectivity index (χ0) is 20.9. The Labute approximate surface area is 174 Å². The zero-order valence-corrected chi connectivity index (χ0v) is 16.2. The van der Waals surface area contributed by atoms with Crippen LogP contribution in [-0.4, -0.2) is 29.5 Å². The number of hydrogen-bond acceptors (Lipinski definition) is 4. The zero-order valence-electron chi connectivity index (χ0n) is 16.2. The van der Waals surface area contributed by atoms with E-state index in [1.165, 1.54) is 4.90 Å². The van der Waals surface area contributed by atoms with E-state index in [0.29, 0.717) is 22.6 Å². The summed E-state index contributed by atoms with van der Waals surface area (Å²) in [7, 11) is 0. The van der Waals surface area contributed by atoms with Gasteiger partial charge in [0.2, 0.25) is 0 Å². The van der Waals surface area contributed by atoms with Crippen LogP contribution in [0.25, 0.3) is 0 Å². The first-order valence-corrected chi connectivity index (χ1v) is 9.64. The topological polar surface area (TPSA) is 66.9 Å². The van der Waals surface area contributed by atoms with Crippen molar-refractivity contribution in [3.8, 4) is 0 Å². The minimum absolute atomic E-state index is 0.0707. The summed E-state index contributed by atoms with van der Waals surface area (Å²) in [6.07, 6.45) is -0.465. The Kier molecular flexibility index (Phi) is 5.57. The Morgan fingerprint density at radius 2 is 1.37 bits per heavy atom. The van der Waals surface area contributed by atoms with Gasteiger partial charge in [-0.15, -0.1) is 0 Å². The van der Waals surface area contributed by atoms with Crippen molar-refractivity contribution < 1.29 is 19.1 Å². The molecule has 3 aromatic rings. The second-order valence-electron chi connectivity index (χ2n) is 6.82. The lowest BCUT2D eigenvalue weighted by Gasteiger charge is -2.21. The highest BCUT2D eigenvalue weighted by Gasteiger charge is 2.50. The fourth-order valence-electron chi connectivity index (χ4n) is 3.45. The van der Waals surface area contributed by atoms with Crippen LogP contribution < -0.4 is 4.90 Å². The largest absolute Gasteiger partial charge is 0.448 e. The monoisotopic (exact) mass is 400 g/mol. The summed E-state index contributed by atoms with van der Waals surface area (Å²) in [4.78, 5) is 40.8. The molecular weight excluding hydrogens is 380 g/mol. The van der Waals surface area contributed by atoms with E-state index >= 15 is 0 Å². The number of rotatable bonds is 5. The lowest BCUT2D eigenvalue weighted by Crippen LogP contribution is -2.38. The molecule has 1 heterocycles. The highest BCUT2D eigenvalue weighted by Crippen LogP contribution is 2.35. The summed E-state index contributed by atoms with van der Waals surface area (Å²) < 4.78 is 5.26. The second kappa shape index (κ2) is 8.61. The number of carbonyl (C=O) groups is 3. The molecule has 0 spiro atoms. The highest BCUT2D eigenvalue weighted by atomic mass is 16.6. The van der Waals surface area contributed by atoms with E-state index in [2.05, 4.69) is 0 Å². The van der Waals surface area contributed by atoms with Gasteiger partial charge in [0, 0.05) is 12.1 Å². The van der Waals surface area contributed by atoms with Gasteiger partial charge in [0.25, 0.3) is 5.91 Å². The molecule has 0 bridgehead atoms. The van der Waals surface area contributed by atoms with E-state index in [1.807, 2.05) is 42.5 Å². The number of nitrogens with zero attached hydrogens (tertiary/aromatic N) is 2. The first kappa shape index (κ1) is 19.4. The van der Waals surface area contributed by atoms with Crippen molar-refractivity contribution in [3.05, 3.63) is 102 Å². The van der Waals surface area contributed by atoms with E-state index in [-0.39, 0.29) is 6.61 Å². The first-order chi connectivity index (χ1) is 14.7. The molecule has 0 aliphatic carbocycles. The summed E-state index contributed by atoms with van der Waals surface area (Å²) in [5.74, 6) is -0.625. The molecule has 150 valence electrons. The van der Waals surface area contributed by atoms with Crippen molar-refractivity contribution in [2.75, 3.05) is 11.5 Å². The average molecular weight is 400 g/mol. The minimum Gasteiger partial charge on any atom is -0.448 e. The molecule has 0 aromatic heterocycles. The molecule has 0 N–H and O–H groups in total. The standard InChI is InChI=1S/C24H20N2O4/c27-22-21(19-12-6-2-7-13-19)25(20-14-8-3-9-15-20)23(28)26(22)24(29)30-17-16-18-10-4-1-5-11-18/h1-15,21H,16-17H2. The van der Waals surface area contributed by atoms with E-state index in [4.69, 9.17) is 4.74 Å². The maximum absolute atomic E-state index is 13.1. The molecular formula is C24H20N2O4. The Hall–Kier alpha value is -3.93. The molecule has 0 radical (unpaired) electrons. The molecule has 6 nitrogen and oxygen atoms in total. The third-order valence-corrected chi connectivity index (χ3v) is 4.90. The molecule has 3 aromatic carbocycles. The van der Waals surface area contributed by atoms with E-state index in [1.54, 1.807) is 48.5 Å². The average Bonchev–Trinajstić information content (AvgIpc) is 3.05. The summed E-state index contributed by atoms with van der Waals surface area (Å²) in [5.41, 5.74) is 2.15.